The summed E-state index contributed by atoms with van der Waals surface area (Å²) in [5, 5.41) is 14.5. The fourth-order valence-corrected chi connectivity index (χ4v) is 5.48. The third-order valence-electron chi connectivity index (χ3n) is 6.87. The molecule has 2 fully saturated rings. The molecule has 0 bridgehead atoms. The number of imidazole rings is 1. The molecule has 2 aliphatic rings. The highest BCUT2D eigenvalue weighted by molar-refractivity contribution is 5.32. The Labute approximate surface area is 172 Å². The van der Waals surface area contributed by atoms with Crippen LogP contribution in [0.3, 0.4) is 0 Å². The maximum absolute atomic E-state index is 10.7. The number of rotatable bonds is 5. The summed E-state index contributed by atoms with van der Waals surface area (Å²) in [6.45, 7) is 3.02. The van der Waals surface area contributed by atoms with Crippen molar-refractivity contribution in [2.75, 3.05) is 19.7 Å². The number of fused-ring (bicyclic) bond motifs is 1. The molecule has 0 amide bonds. The second-order valence-electron chi connectivity index (χ2n) is 8.50. The predicted molar refractivity (Wildman–Crippen MR) is 113 cm³/mol. The molecule has 3 heterocycles. The van der Waals surface area contributed by atoms with Gasteiger partial charge in [-0.2, -0.15) is 0 Å². The Hall–Kier alpha value is -2.47. The van der Waals surface area contributed by atoms with Gasteiger partial charge in [-0.15, -0.1) is 0 Å². The Morgan fingerprint density at radius 2 is 1.79 bits per heavy atom. The van der Waals surface area contributed by atoms with Crippen molar-refractivity contribution in [2.24, 2.45) is 18.9 Å². The molecule has 5 rings (SSSR count). The van der Waals surface area contributed by atoms with Crippen LogP contribution in [0.25, 0.3) is 0 Å². The molecule has 4 atom stereocenters. The van der Waals surface area contributed by atoms with Crippen LogP contribution in [-0.4, -0.2) is 39.3 Å². The molecule has 2 N–H and O–H groups in total. The van der Waals surface area contributed by atoms with Crippen LogP contribution in [0.4, 0.5) is 0 Å². The minimum absolute atomic E-state index is 0.0890. The number of hydrogen-bond donors (Lipinski definition) is 2. The number of likely N-dealkylation sites (tertiary alicyclic amines) is 1. The van der Waals surface area contributed by atoms with Gasteiger partial charge in [0.25, 0.3) is 0 Å². The summed E-state index contributed by atoms with van der Waals surface area (Å²) < 4.78 is 2.10. The number of nitrogens with zero attached hydrogens (tertiary/aromatic N) is 3. The number of aryl methyl sites for hydroxylation is 1. The van der Waals surface area contributed by atoms with Crippen LogP contribution in [0.15, 0.2) is 73.2 Å². The molecular weight excluding hydrogens is 360 g/mol. The number of aromatic nitrogens is 2. The predicted octanol–water partition coefficient (Wildman–Crippen LogP) is 2.70. The zero-order chi connectivity index (χ0) is 19.8. The summed E-state index contributed by atoms with van der Waals surface area (Å²) in [5.74, 6) is 0.750. The SMILES string of the molecule is Cn1cncc1[C@H]1N[C@](CO)(c2ccccc2)[C@H]2CN(Cc3ccccc3)C[C@@H]12. The Kier molecular flexibility index (Phi) is 4.74. The first-order valence-electron chi connectivity index (χ1n) is 10.4. The quantitative estimate of drug-likeness (QED) is 0.706. The van der Waals surface area contributed by atoms with Gasteiger partial charge in [0.2, 0.25) is 0 Å². The molecule has 0 saturated carbocycles. The first-order valence-corrected chi connectivity index (χ1v) is 10.4. The lowest BCUT2D eigenvalue weighted by Crippen LogP contribution is -2.48. The summed E-state index contributed by atoms with van der Waals surface area (Å²) in [5.41, 5.74) is 3.26. The molecule has 3 aromatic rings. The van der Waals surface area contributed by atoms with Crippen molar-refractivity contribution in [3.05, 3.63) is 90.0 Å². The summed E-state index contributed by atoms with van der Waals surface area (Å²) in [6.07, 6.45) is 3.83. The summed E-state index contributed by atoms with van der Waals surface area (Å²) in [7, 11) is 2.05. The molecule has 0 radical (unpaired) electrons. The molecule has 5 nitrogen and oxygen atoms in total. The van der Waals surface area contributed by atoms with Crippen LogP contribution >= 0.6 is 0 Å². The molecule has 0 aliphatic carbocycles. The number of aliphatic hydroxyl groups is 1. The summed E-state index contributed by atoms with van der Waals surface area (Å²) in [4.78, 5) is 6.90. The number of aliphatic hydroxyl groups excluding tert-OH is 1. The largest absolute Gasteiger partial charge is 0.394 e. The van der Waals surface area contributed by atoms with E-state index >= 15 is 0 Å². The average Bonchev–Trinajstić information content (AvgIpc) is 3.44. The highest BCUT2D eigenvalue weighted by Gasteiger charge is 2.57. The first kappa shape index (κ1) is 18.6. The third kappa shape index (κ3) is 3.10. The molecule has 1 aromatic heterocycles. The molecular formula is C24H28N4O. The topological polar surface area (TPSA) is 53.3 Å². The first-order chi connectivity index (χ1) is 14.2. The van der Waals surface area contributed by atoms with E-state index in [2.05, 4.69) is 81.4 Å². The van der Waals surface area contributed by atoms with Crippen molar-refractivity contribution in [3.63, 3.8) is 0 Å². The van der Waals surface area contributed by atoms with E-state index < -0.39 is 5.54 Å². The van der Waals surface area contributed by atoms with Crippen molar-refractivity contribution in [1.82, 2.24) is 19.8 Å². The van der Waals surface area contributed by atoms with Gasteiger partial charge in [-0.25, -0.2) is 4.98 Å². The maximum Gasteiger partial charge on any atom is 0.0946 e. The van der Waals surface area contributed by atoms with Crippen LogP contribution in [0.2, 0.25) is 0 Å². The smallest absolute Gasteiger partial charge is 0.0946 e. The van der Waals surface area contributed by atoms with Gasteiger partial charge in [-0.05, 0) is 17.0 Å². The van der Waals surface area contributed by atoms with Gasteiger partial charge in [0.05, 0.1) is 30.2 Å². The van der Waals surface area contributed by atoms with Gasteiger partial charge in [-0.1, -0.05) is 60.7 Å². The van der Waals surface area contributed by atoms with E-state index in [9.17, 15) is 5.11 Å². The van der Waals surface area contributed by atoms with Crippen LogP contribution in [0, 0.1) is 11.8 Å². The number of hydrogen-bond acceptors (Lipinski definition) is 4. The standard InChI is InChI=1S/C24H28N4O/c1-27-17-25-12-22(27)23-20-14-28(13-18-8-4-2-5-9-18)15-21(20)24(16-29,26-23)19-10-6-3-7-11-19/h2-12,17,20-21,23,26,29H,13-16H2,1H3/t20-,21+,23+,24-/m1/s1. The van der Waals surface area contributed by atoms with E-state index in [1.54, 1.807) is 0 Å². The fourth-order valence-electron chi connectivity index (χ4n) is 5.48. The van der Waals surface area contributed by atoms with Gasteiger partial charge in [0.15, 0.2) is 0 Å². The lowest BCUT2D eigenvalue weighted by Gasteiger charge is -2.35. The molecule has 0 spiro atoms. The normalized spacial score (nSPS) is 29.2. The lowest BCUT2D eigenvalue weighted by molar-refractivity contribution is 0.125. The molecule has 150 valence electrons. The molecule has 29 heavy (non-hydrogen) atoms. The van der Waals surface area contributed by atoms with Gasteiger partial charge < -0.3 is 9.67 Å². The Morgan fingerprint density at radius 3 is 2.45 bits per heavy atom. The van der Waals surface area contributed by atoms with E-state index in [1.807, 2.05) is 18.6 Å². The average molecular weight is 389 g/mol. The van der Waals surface area contributed by atoms with E-state index in [1.165, 1.54) is 16.8 Å². The molecule has 5 heteroatoms. The van der Waals surface area contributed by atoms with Gasteiger partial charge in [0, 0.05) is 38.8 Å². The van der Waals surface area contributed by atoms with E-state index in [0.717, 1.165) is 19.6 Å². The highest BCUT2D eigenvalue weighted by Crippen LogP contribution is 2.51. The summed E-state index contributed by atoms with van der Waals surface area (Å²) >= 11 is 0. The van der Waals surface area contributed by atoms with Crippen molar-refractivity contribution in [3.8, 4) is 0 Å². The van der Waals surface area contributed by atoms with Crippen molar-refractivity contribution in [2.45, 2.75) is 18.1 Å². The van der Waals surface area contributed by atoms with Crippen LogP contribution in [0.5, 0.6) is 0 Å². The molecule has 2 aromatic carbocycles. The molecule has 0 unspecified atom stereocenters. The van der Waals surface area contributed by atoms with E-state index in [0.29, 0.717) is 11.8 Å². The monoisotopic (exact) mass is 388 g/mol. The minimum atomic E-state index is -0.438. The minimum Gasteiger partial charge on any atom is -0.394 e. The van der Waals surface area contributed by atoms with Crippen molar-refractivity contribution < 1.29 is 5.11 Å². The lowest BCUT2D eigenvalue weighted by atomic mass is 9.77. The maximum atomic E-state index is 10.7. The number of nitrogens with one attached hydrogen (secondary N) is 1. The Balaban J connectivity index is 1.51. The fraction of sp³-hybridized carbons (Fsp3) is 0.375. The molecule has 2 saturated heterocycles. The third-order valence-corrected chi connectivity index (χ3v) is 6.87. The second kappa shape index (κ2) is 7.41. The zero-order valence-corrected chi connectivity index (χ0v) is 16.8. The summed E-state index contributed by atoms with van der Waals surface area (Å²) in [6, 6.07) is 21.3. The van der Waals surface area contributed by atoms with Gasteiger partial charge in [0.1, 0.15) is 0 Å². The van der Waals surface area contributed by atoms with Crippen molar-refractivity contribution >= 4 is 0 Å². The van der Waals surface area contributed by atoms with Crippen LogP contribution in [-0.2, 0) is 19.1 Å². The van der Waals surface area contributed by atoms with Gasteiger partial charge in [-0.3, -0.25) is 10.2 Å². The van der Waals surface area contributed by atoms with E-state index in [4.69, 9.17) is 0 Å². The zero-order valence-electron chi connectivity index (χ0n) is 16.8. The second-order valence-corrected chi connectivity index (χ2v) is 8.50. The van der Waals surface area contributed by atoms with Gasteiger partial charge >= 0.3 is 0 Å². The number of benzene rings is 2. The van der Waals surface area contributed by atoms with Crippen LogP contribution in [0.1, 0.15) is 22.9 Å². The van der Waals surface area contributed by atoms with E-state index in [-0.39, 0.29) is 12.6 Å². The highest BCUT2D eigenvalue weighted by atomic mass is 16.3. The Bertz CT molecular complexity index is 957. The van der Waals surface area contributed by atoms with Crippen LogP contribution < -0.4 is 5.32 Å². The van der Waals surface area contributed by atoms with Crippen molar-refractivity contribution in [1.29, 1.82) is 0 Å². The molecule has 2 aliphatic heterocycles. The Morgan fingerprint density at radius 1 is 1.07 bits per heavy atom.